The Labute approximate surface area is 83.0 Å². The van der Waals surface area contributed by atoms with Crippen LogP contribution < -0.4 is 5.48 Å². The zero-order valence-corrected chi connectivity index (χ0v) is 8.42. The number of hydrogen-bond donors (Lipinski definition) is 2. The molecule has 0 saturated heterocycles. The minimum Gasteiger partial charge on any atom is -0.361 e. The number of aryl methyl sites for hydroxylation is 1. The van der Waals surface area contributed by atoms with E-state index in [1.807, 2.05) is 6.20 Å². The minimum absolute atomic E-state index is 0.733. The van der Waals surface area contributed by atoms with Gasteiger partial charge in [0.25, 0.3) is 0 Å². The number of fused-ring (bicyclic) bond motifs is 1. The number of nitrogens with one attached hydrogen (secondary N) is 2. The molecule has 0 bridgehead atoms. The van der Waals surface area contributed by atoms with Gasteiger partial charge in [-0.05, 0) is 30.2 Å². The molecule has 0 unspecified atom stereocenters. The maximum atomic E-state index is 4.81. The number of H-pyrrole nitrogens is 1. The molecule has 14 heavy (non-hydrogen) atoms. The lowest BCUT2D eigenvalue weighted by Crippen LogP contribution is -2.10. The van der Waals surface area contributed by atoms with Crippen LogP contribution in [0.5, 0.6) is 0 Å². The van der Waals surface area contributed by atoms with E-state index >= 15 is 0 Å². The van der Waals surface area contributed by atoms with Gasteiger partial charge in [-0.25, -0.2) is 0 Å². The summed E-state index contributed by atoms with van der Waals surface area (Å²) in [4.78, 5) is 8.03. The summed E-state index contributed by atoms with van der Waals surface area (Å²) >= 11 is 0. The first-order chi connectivity index (χ1) is 6.81. The molecule has 3 heteroatoms. The van der Waals surface area contributed by atoms with Gasteiger partial charge < -0.3 is 9.82 Å². The smallest absolute Gasteiger partial charge is 0.0572 e. The summed E-state index contributed by atoms with van der Waals surface area (Å²) < 4.78 is 0. The van der Waals surface area contributed by atoms with Crippen LogP contribution in [0.1, 0.15) is 11.1 Å². The number of rotatable bonds is 3. The number of hydroxylamine groups is 1. The molecule has 2 aromatic rings. The Morgan fingerprint density at radius 3 is 3.07 bits per heavy atom. The third-order valence-corrected chi connectivity index (χ3v) is 2.37. The van der Waals surface area contributed by atoms with Gasteiger partial charge in [0.15, 0.2) is 0 Å². The first-order valence-corrected chi connectivity index (χ1v) is 4.63. The van der Waals surface area contributed by atoms with Gasteiger partial charge in [0.2, 0.25) is 0 Å². The van der Waals surface area contributed by atoms with Crippen molar-refractivity contribution in [3.8, 4) is 0 Å². The molecule has 0 fully saturated rings. The van der Waals surface area contributed by atoms with E-state index in [-0.39, 0.29) is 0 Å². The Morgan fingerprint density at radius 1 is 1.43 bits per heavy atom. The number of aromatic amines is 1. The van der Waals surface area contributed by atoms with Crippen LogP contribution >= 0.6 is 0 Å². The topological polar surface area (TPSA) is 37.0 Å². The molecule has 1 heterocycles. The van der Waals surface area contributed by atoms with Gasteiger partial charge in [0, 0.05) is 23.6 Å². The van der Waals surface area contributed by atoms with E-state index in [9.17, 15) is 0 Å². The van der Waals surface area contributed by atoms with Crippen molar-refractivity contribution in [2.24, 2.45) is 0 Å². The van der Waals surface area contributed by atoms with Gasteiger partial charge in [0.1, 0.15) is 0 Å². The van der Waals surface area contributed by atoms with Gasteiger partial charge >= 0.3 is 0 Å². The minimum atomic E-state index is 0.733. The van der Waals surface area contributed by atoms with Crippen LogP contribution in [-0.4, -0.2) is 12.1 Å². The fourth-order valence-corrected chi connectivity index (χ4v) is 1.57. The van der Waals surface area contributed by atoms with Crippen molar-refractivity contribution in [2.45, 2.75) is 13.5 Å². The van der Waals surface area contributed by atoms with Crippen LogP contribution in [0.15, 0.2) is 24.4 Å². The van der Waals surface area contributed by atoms with Gasteiger partial charge in [-0.2, -0.15) is 5.48 Å². The zero-order chi connectivity index (χ0) is 9.97. The molecular weight excluding hydrogens is 176 g/mol. The summed E-state index contributed by atoms with van der Waals surface area (Å²) in [7, 11) is 1.63. The van der Waals surface area contributed by atoms with E-state index in [1.165, 1.54) is 22.0 Å². The van der Waals surface area contributed by atoms with E-state index < -0.39 is 0 Å². The van der Waals surface area contributed by atoms with Gasteiger partial charge in [-0.1, -0.05) is 6.07 Å². The summed E-state index contributed by atoms with van der Waals surface area (Å²) in [6.07, 6.45) is 2.03. The molecule has 0 radical (unpaired) electrons. The average molecular weight is 190 g/mol. The summed E-state index contributed by atoms with van der Waals surface area (Å²) in [5.74, 6) is 0. The Balaban J connectivity index is 2.34. The van der Waals surface area contributed by atoms with Crippen LogP contribution in [0.2, 0.25) is 0 Å². The van der Waals surface area contributed by atoms with Crippen molar-refractivity contribution in [1.29, 1.82) is 0 Å². The van der Waals surface area contributed by atoms with Crippen LogP contribution in [0, 0.1) is 6.92 Å². The second kappa shape index (κ2) is 3.82. The highest BCUT2D eigenvalue weighted by Crippen LogP contribution is 2.18. The molecule has 1 aromatic carbocycles. The average Bonchev–Trinajstić information content (AvgIpc) is 2.57. The fraction of sp³-hybridized carbons (Fsp3) is 0.273. The Morgan fingerprint density at radius 2 is 2.29 bits per heavy atom. The highest BCUT2D eigenvalue weighted by Gasteiger charge is 2.00. The molecule has 0 aliphatic carbocycles. The number of aromatic nitrogens is 1. The molecule has 74 valence electrons. The van der Waals surface area contributed by atoms with E-state index in [4.69, 9.17) is 4.84 Å². The van der Waals surface area contributed by atoms with E-state index in [2.05, 4.69) is 35.6 Å². The van der Waals surface area contributed by atoms with E-state index in [0.717, 1.165) is 6.54 Å². The lowest BCUT2D eigenvalue weighted by molar-refractivity contribution is 0.0867. The largest absolute Gasteiger partial charge is 0.361 e. The molecule has 0 aliphatic rings. The molecule has 0 spiro atoms. The third-order valence-electron chi connectivity index (χ3n) is 2.37. The zero-order valence-electron chi connectivity index (χ0n) is 8.42. The Bertz CT molecular complexity index is 434. The Kier molecular flexibility index (Phi) is 2.52. The molecule has 2 N–H and O–H groups in total. The predicted octanol–water partition coefficient (Wildman–Crippen LogP) is 2.13. The van der Waals surface area contributed by atoms with E-state index in [1.54, 1.807) is 7.11 Å². The summed E-state index contributed by atoms with van der Waals surface area (Å²) in [6.45, 7) is 2.84. The van der Waals surface area contributed by atoms with Crippen LogP contribution in [0.4, 0.5) is 0 Å². The number of benzene rings is 1. The quantitative estimate of drug-likeness (QED) is 0.727. The summed E-state index contributed by atoms with van der Waals surface area (Å²) in [5.41, 5.74) is 6.52. The molecule has 0 saturated carbocycles. The van der Waals surface area contributed by atoms with Crippen LogP contribution in [0.25, 0.3) is 10.9 Å². The second-order valence-electron chi connectivity index (χ2n) is 3.38. The maximum Gasteiger partial charge on any atom is 0.0572 e. The highest BCUT2D eigenvalue weighted by molar-refractivity contribution is 5.83. The molecule has 0 amide bonds. The van der Waals surface area contributed by atoms with Gasteiger partial charge in [-0.3, -0.25) is 0 Å². The van der Waals surface area contributed by atoms with Crippen LogP contribution in [0.3, 0.4) is 0 Å². The van der Waals surface area contributed by atoms with Crippen molar-refractivity contribution < 1.29 is 4.84 Å². The van der Waals surface area contributed by atoms with Crippen molar-refractivity contribution in [1.82, 2.24) is 10.5 Å². The summed E-state index contributed by atoms with van der Waals surface area (Å²) in [5, 5.41) is 1.28. The maximum absolute atomic E-state index is 4.81. The highest BCUT2D eigenvalue weighted by atomic mass is 16.6. The third kappa shape index (κ3) is 1.64. The molecular formula is C11H14N2O. The first kappa shape index (κ1) is 9.24. The molecule has 3 nitrogen and oxygen atoms in total. The standard InChI is InChI=1S/C11H14N2O/c1-8-6-12-11-4-3-9(5-10(8)11)7-13-14-2/h3-6,12-13H,7H2,1-2H3. The normalized spacial score (nSPS) is 11.0. The van der Waals surface area contributed by atoms with Gasteiger partial charge in [-0.15, -0.1) is 0 Å². The fourth-order valence-electron chi connectivity index (χ4n) is 1.57. The summed E-state index contributed by atoms with van der Waals surface area (Å²) in [6, 6.07) is 6.35. The molecule has 0 atom stereocenters. The lowest BCUT2D eigenvalue weighted by atomic mass is 10.1. The lowest BCUT2D eigenvalue weighted by Gasteiger charge is -2.02. The monoisotopic (exact) mass is 190 g/mol. The molecule has 2 rings (SSSR count). The second-order valence-corrected chi connectivity index (χ2v) is 3.38. The predicted molar refractivity (Wildman–Crippen MR) is 56.9 cm³/mol. The number of hydrogen-bond acceptors (Lipinski definition) is 2. The van der Waals surface area contributed by atoms with Crippen molar-refractivity contribution in [3.63, 3.8) is 0 Å². The van der Waals surface area contributed by atoms with Crippen LogP contribution in [-0.2, 0) is 11.4 Å². The Hall–Kier alpha value is -1.32. The first-order valence-electron chi connectivity index (χ1n) is 4.63. The molecule has 1 aromatic heterocycles. The van der Waals surface area contributed by atoms with Crippen molar-refractivity contribution in [3.05, 3.63) is 35.5 Å². The van der Waals surface area contributed by atoms with E-state index in [0.29, 0.717) is 0 Å². The van der Waals surface area contributed by atoms with Gasteiger partial charge in [0.05, 0.1) is 7.11 Å². The SMILES string of the molecule is CONCc1ccc2[nH]cc(C)c2c1. The molecule has 0 aliphatic heterocycles. The van der Waals surface area contributed by atoms with Crippen molar-refractivity contribution in [2.75, 3.05) is 7.11 Å². The van der Waals surface area contributed by atoms with Crippen molar-refractivity contribution >= 4 is 10.9 Å².